The predicted molar refractivity (Wildman–Crippen MR) is 167 cm³/mol. The number of fused-ring (bicyclic) bond motifs is 2. The highest BCUT2D eigenvalue weighted by Crippen LogP contribution is 2.47. The highest BCUT2D eigenvalue weighted by atomic mass is 16.7. The van der Waals surface area contributed by atoms with Gasteiger partial charge in [-0.2, -0.15) is 0 Å². The summed E-state index contributed by atoms with van der Waals surface area (Å²) in [7, 11) is 0. The molecule has 0 radical (unpaired) electrons. The van der Waals surface area contributed by atoms with Crippen molar-refractivity contribution in [1.82, 2.24) is 0 Å². The minimum Gasteiger partial charge on any atom is -0.462 e. The molecule has 244 valence electrons. The van der Waals surface area contributed by atoms with Gasteiger partial charge in [-0.3, -0.25) is 4.79 Å². The Balaban J connectivity index is 1.52. The molecule has 3 N–H and O–H groups in total. The smallest absolute Gasteiger partial charge is 0.316 e. The number of aliphatic hydroxyl groups is 3. The quantitative estimate of drug-likeness (QED) is 0.292. The van der Waals surface area contributed by atoms with Crippen molar-refractivity contribution in [3.8, 4) is 0 Å². The van der Waals surface area contributed by atoms with Crippen molar-refractivity contribution in [1.29, 1.82) is 0 Å². The van der Waals surface area contributed by atoms with Crippen LogP contribution in [0.5, 0.6) is 0 Å². The maximum atomic E-state index is 14.0. The van der Waals surface area contributed by atoms with Gasteiger partial charge in [0, 0.05) is 25.2 Å². The maximum absolute atomic E-state index is 14.0. The molecule has 3 fully saturated rings. The zero-order chi connectivity index (χ0) is 32.0. The summed E-state index contributed by atoms with van der Waals surface area (Å²) in [6, 6.07) is 0. The molecule has 5 aliphatic rings. The third-order valence-corrected chi connectivity index (χ3v) is 10.1. The Morgan fingerprint density at radius 1 is 1.11 bits per heavy atom. The van der Waals surface area contributed by atoms with Crippen LogP contribution in [0, 0.1) is 23.7 Å². The number of esters is 1. The first-order valence-electron chi connectivity index (χ1n) is 16.4. The summed E-state index contributed by atoms with van der Waals surface area (Å²) in [5.41, 5.74) is 1.64. The van der Waals surface area contributed by atoms with E-state index in [0.29, 0.717) is 29.9 Å². The Morgan fingerprint density at radius 2 is 1.86 bits per heavy atom. The first-order chi connectivity index (χ1) is 20.7. The second-order valence-electron chi connectivity index (χ2n) is 14.4. The van der Waals surface area contributed by atoms with Crippen LogP contribution >= 0.6 is 0 Å². The first kappa shape index (κ1) is 33.3. The number of hydrogen-bond acceptors (Lipinski definition) is 8. The predicted octanol–water partition coefficient (Wildman–Crippen LogP) is 5.09. The van der Waals surface area contributed by atoms with E-state index in [9.17, 15) is 20.1 Å². The molecular weight excluding hydrogens is 560 g/mol. The van der Waals surface area contributed by atoms with Crippen LogP contribution in [0.3, 0.4) is 0 Å². The molecule has 4 heterocycles. The second-order valence-corrected chi connectivity index (χ2v) is 14.4. The first-order valence-corrected chi connectivity index (χ1v) is 16.4. The molecule has 2 bridgehead atoms. The molecular formula is C36H52O8. The summed E-state index contributed by atoms with van der Waals surface area (Å²) in [6.07, 6.45) is 10.4. The Morgan fingerprint density at radius 3 is 2.59 bits per heavy atom. The minimum absolute atomic E-state index is 0.109. The summed E-state index contributed by atoms with van der Waals surface area (Å²) in [6.45, 7) is 14.4. The van der Waals surface area contributed by atoms with Gasteiger partial charge >= 0.3 is 5.97 Å². The number of rotatable bonds is 2. The number of hydrogen-bond donors (Lipinski definition) is 3. The summed E-state index contributed by atoms with van der Waals surface area (Å²) in [4.78, 5) is 14.0. The highest BCUT2D eigenvalue weighted by molar-refractivity contribution is 5.78. The molecule has 1 spiro atoms. The van der Waals surface area contributed by atoms with Gasteiger partial charge in [0.25, 0.3) is 0 Å². The van der Waals surface area contributed by atoms with Gasteiger partial charge in [0.1, 0.15) is 29.8 Å². The fourth-order valence-electron chi connectivity index (χ4n) is 7.85. The minimum atomic E-state index is -1.74. The molecule has 5 rings (SSSR count). The molecule has 8 heteroatoms. The van der Waals surface area contributed by atoms with Crippen molar-refractivity contribution in [3.05, 3.63) is 58.7 Å². The molecule has 0 amide bonds. The van der Waals surface area contributed by atoms with Crippen LogP contribution in [0.25, 0.3) is 0 Å². The van der Waals surface area contributed by atoms with E-state index in [0.717, 1.165) is 12.0 Å². The van der Waals surface area contributed by atoms with E-state index < -0.39 is 47.7 Å². The van der Waals surface area contributed by atoms with Crippen LogP contribution in [-0.2, 0) is 23.7 Å². The fourth-order valence-corrected chi connectivity index (χ4v) is 7.85. The summed E-state index contributed by atoms with van der Waals surface area (Å²) in [5, 5.41) is 34.3. The molecule has 3 saturated heterocycles. The van der Waals surface area contributed by atoms with E-state index in [-0.39, 0.29) is 43.5 Å². The van der Waals surface area contributed by atoms with Crippen LogP contribution < -0.4 is 0 Å². The highest BCUT2D eigenvalue weighted by Gasteiger charge is 2.60. The summed E-state index contributed by atoms with van der Waals surface area (Å²) in [5.74, 6) is -2.31. The zero-order valence-corrected chi connectivity index (χ0v) is 27.4. The van der Waals surface area contributed by atoms with Crippen LogP contribution in [0.1, 0.15) is 80.6 Å². The second kappa shape index (κ2) is 13.0. The van der Waals surface area contributed by atoms with Gasteiger partial charge < -0.3 is 34.3 Å². The normalized spacial score (nSPS) is 46.8. The van der Waals surface area contributed by atoms with Crippen molar-refractivity contribution < 1.29 is 39.1 Å². The van der Waals surface area contributed by atoms with E-state index in [1.54, 1.807) is 13.0 Å². The van der Waals surface area contributed by atoms with Gasteiger partial charge in [-0.25, -0.2) is 0 Å². The molecule has 8 nitrogen and oxygen atoms in total. The van der Waals surface area contributed by atoms with Gasteiger partial charge in [0.05, 0.1) is 24.9 Å². The Bertz CT molecular complexity index is 1240. The molecule has 0 saturated carbocycles. The lowest BCUT2D eigenvalue weighted by Gasteiger charge is -2.51. The lowest BCUT2D eigenvalue weighted by atomic mass is 9.71. The number of allylic oxidation sites excluding steroid dienone is 5. The molecule has 0 aromatic carbocycles. The molecule has 44 heavy (non-hydrogen) atoms. The number of carbonyl (C=O) groups is 1. The average Bonchev–Trinajstić information content (AvgIpc) is 3.27. The van der Waals surface area contributed by atoms with Crippen molar-refractivity contribution in [2.24, 2.45) is 23.7 Å². The fraction of sp³-hybridized carbons (Fsp3) is 0.694. The molecule has 0 unspecified atom stereocenters. The molecule has 11 atom stereocenters. The third-order valence-electron chi connectivity index (χ3n) is 10.1. The Hall–Kier alpha value is -2.07. The lowest BCUT2D eigenvalue weighted by Crippen LogP contribution is -2.59. The molecule has 0 aromatic rings. The van der Waals surface area contributed by atoms with Gasteiger partial charge in [0.2, 0.25) is 0 Å². The van der Waals surface area contributed by atoms with Crippen LogP contribution in [-0.4, -0.2) is 75.9 Å². The van der Waals surface area contributed by atoms with E-state index in [1.165, 1.54) is 5.57 Å². The van der Waals surface area contributed by atoms with Gasteiger partial charge in [0.15, 0.2) is 5.79 Å². The summed E-state index contributed by atoms with van der Waals surface area (Å²) >= 11 is 0. The van der Waals surface area contributed by atoms with Crippen LogP contribution in [0.4, 0.5) is 0 Å². The molecule has 4 aliphatic heterocycles. The van der Waals surface area contributed by atoms with Crippen molar-refractivity contribution in [2.45, 2.75) is 129 Å². The lowest BCUT2D eigenvalue weighted by molar-refractivity contribution is -0.342. The van der Waals surface area contributed by atoms with E-state index in [4.69, 9.17) is 18.9 Å². The maximum Gasteiger partial charge on any atom is 0.316 e. The largest absolute Gasteiger partial charge is 0.462 e. The van der Waals surface area contributed by atoms with Crippen LogP contribution in [0.15, 0.2) is 58.7 Å². The van der Waals surface area contributed by atoms with Crippen molar-refractivity contribution >= 4 is 5.97 Å². The SMILES string of the molecule is CC1=C[C@H]2C(=O)O[C@H]3C[C@@H](C/C=C(\C)C[C@@H](C)/C=C/C=C4/CO[C@H]([C@@H]1O)[C@@]42O)O[C@]1(C3)C[C@H](O)[C@H](C)[C@@H](/C(C)=C/C(C)C)O1. The molecule has 0 aromatic heterocycles. The Labute approximate surface area is 262 Å². The number of carbonyl (C=O) groups excluding carboxylic acids is 1. The Kier molecular flexibility index (Phi) is 9.82. The number of aliphatic hydroxyl groups excluding tert-OH is 2. The van der Waals surface area contributed by atoms with E-state index in [2.05, 4.69) is 45.9 Å². The third kappa shape index (κ3) is 6.58. The monoisotopic (exact) mass is 612 g/mol. The van der Waals surface area contributed by atoms with Crippen LogP contribution in [0.2, 0.25) is 0 Å². The van der Waals surface area contributed by atoms with Crippen molar-refractivity contribution in [3.63, 3.8) is 0 Å². The molecule has 1 aliphatic carbocycles. The van der Waals surface area contributed by atoms with Crippen molar-refractivity contribution in [2.75, 3.05) is 6.61 Å². The number of ether oxygens (including phenoxy) is 4. The summed E-state index contributed by atoms with van der Waals surface area (Å²) < 4.78 is 25.7. The van der Waals surface area contributed by atoms with E-state index >= 15 is 0 Å². The van der Waals surface area contributed by atoms with Gasteiger partial charge in [-0.05, 0) is 62.2 Å². The van der Waals surface area contributed by atoms with Gasteiger partial charge in [-0.15, -0.1) is 0 Å². The average molecular weight is 613 g/mol. The zero-order valence-electron chi connectivity index (χ0n) is 27.4. The topological polar surface area (TPSA) is 115 Å². The van der Waals surface area contributed by atoms with Gasteiger partial charge in [-0.1, -0.05) is 69.7 Å². The standard InChI is InChI=1S/C36H52O8/c1-20(2)13-24(6)32-25(7)30(37)18-35(44-32)17-28-16-27(43-35)12-11-22(4)14-21(3)9-8-10-26-19-41-33-31(38)23(5)15-29(34(39)42-28)36(26,33)40/h8-11,13,15,20-21,25,27-33,37-38,40H,12,14,16-19H2,1-7H3/b9-8+,22-11+,24-13+,26-10-/t21-,25-,27+,28-,29-,30-,31+,32+,33+,35-,36+/m0/s1. The van der Waals surface area contributed by atoms with E-state index in [1.807, 2.05) is 26.0 Å².